The maximum absolute atomic E-state index is 13.2. The molecule has 0 spiro atoms. The van der Waals surface area contributed by atoms with Crippen LogP contribution in [-0.4, -0.2) is 11.8 Å². The van der Waals surface area contributed by atoms with Crippen molar-refractivity contribution < 1.29 is 13.9 Å². The Bertz CT molecular complexity index is 364. The van der Waals surface area contributed by atoms with E-state index >= 15 is 0 Å². The summed E-state index contributed by atoms with van der Waals surface area (Å²) >= 11 is 5.27. The van der Waals surface area contributed by atoms with Gasteiger partial charge in [-0.3, -0.25) is 4.79 Å². The van der Waals surface area contributed by atoms with Gasteiger partial charge < -0.3 is 4.74 Å². The molecule has 0 N–H and O–H groups in total. The predicted octanol–water partition coefficient (Wildman–Crippen LogP) is 3.24. The van der Waals surface area contributed by atoms with Crippen molar-refractivity contribution >= 4 is 16.8 Å². The van der Waals surface area contributed by atoms with Crippen LogP contribution in [0.1, 0.15) is 24.2 Å². The predicted molar refractivity (Wildman–Crippen MR) is 56.9 cm³/mol. The van der Waals surface area contributed by atoms with Crippen LogP contribution < -0.4 is 4.74 Å². The molecule has 0 unspecified atom stereocenters. The van der Waals surface area contributed by atoms with E-state index in [4.69, 9.17) is 16.3 Å². The van der Waals surface area contributed by atoms with Gasteiger partial charge in [0.25, 0.3) is 5.24 Å². The maximum atomic E-state index is 13.2. The molecular formula is C11H12ClFO2. The minimum Gasteiger partial charge on any atom is -0.490 e. The summed E-state index contributed by atoms with van der Waals surface area (Å²) in [6, 6.07) is 3.81. The van der Waals surface area contributed by atoms with E-state index in [2.05, 4.69) is 0 Å². The third-order valence-electron chi connectivity index (χ3n) is 1.73. The molecule has 1 rings (SSSR count). The number of carbonyl (C=O) groups is 1. The van der Waals surface area contributed by atoms with Crippen LogP contribution in [0.25, 0.3) is 0 Å². The summed E-state index contributed by atoms with van der Waals surface area (Å²) in [5.74, 6) is -0.132. The highest BCUT2D eigenvalue weighted by Gasteiger charge is 2.09. The van der Waals surface area contributed by atoms with E-state index in [1.807, 2.05) is 13.8 Å². The summed E-state index contributed by atoms with van der Waals surface area (Å²) in [7, 11) is 0. The van der Waals surface area contributed by atoms with Crippen molar-refractivity contribution in [1.29, 1.82) is 0 Å². The molecule has 0 atom stereocenters. The van der Waals surface area contributed by atoms with Gasteiger partial charge in [0, 0.05) is 5.56 Å². The van der Waals surface area contributed by atoms with Gasteiger partial charge in [0.15, 0.2) is 11.6 Å². The van der Waals surface area contributed by atoms with Crippen molar-refractivity contribution in [3.05, 3.63) is 29.6 Å². The lowest BCUT2D eigenvalue weighted by Gasteiger charge is -2.09. The second kappa shape index (κ2) is 5.12. The molecule has 0 aromatic heterocycles. The first-order chi connectivity index (χ1) is 7.00. The van der Waals surface area contributed by atoms with Gasteiger partial charge >= 0.3 is 0 Å². The van der Waals surface area contributed by atoms with Crippen LogP contribution in [0.5, 0.6) is 5.75 Å². The first-order valence-corrected chi connectivity index (χ1v) is 5.00. The zero-order valence-electron chi connectivity index (χ0n) is 8.59. The zero-order valence-corrected chi connectivity index (χ0v) is 9.34. The second-order valence-corrected chi connectivity index (χ2v) is 3.97. The van der Waals surface area contributed by atoms with Gasteiger partial charge in [0.1, 0.15) is 0 Å². The third kappa shape index (κ3) is 3.51. The van der Waals surface area contributed by atoms with E-state index in [0.717, 1.165) is 0 Å². The van der Waals surface area contributed by atoms with E-state index < -0.39 is 11.1 Å². The molecule has 0 radical (unpaired) electrons. The molecule has 0 amide bonds. The number of carbonyl (C=O) groups excluding carboxylic acids is 1. The maximum Gasteiger partial charge on any atom is 0.252 e. The van der Waals surface area contributed by atoms with E-state index in [9.17, 15) is 9.18 Å². The summed E-state index contributed by atoms with van der Waals surface area (Å²) < 4.78 is 18.4. The molecule has 0 saturated carbocycles. The molecule has 0 bridgehead atoms. The van der Waals surface area contributed by atoms with Crippen LogP contribution in [-0.2, 0) is 0 Å². The molecular weight excluding hydrogens is 219 g/mol. The van der Waals surface area contributed by atoms with Crippen LogP contribution >= 0.6 is 11.6 Å². The summed E-state index contributed by atoms with van der Waals surface area (Å²) in [6.07, 6.45) is 0. The third-order valence-corrected chi connectivity index (χ3v) is 1.95. The quantitative estimate of drug-likeness (QED) is 0.743. The number of benzene rings is 1. The number of hydrogen-bond acceptors (Lipinski definition) is 2. The van der Waals surface area contributed by atoms with Gasteiger partial charge in [0.05, 0.1) is 6.61 Å². The Labute approximate surface area is 93.0 Å². The van der Waals surface area contributed by atoms with Gasteiger partial charge in [-0.2, -0.15) is 0 Å². The number of ether oxygens (including phenoxy) is 1. The van der Waals surface area contributed by atoms with E-state index in [1.165, 1.54) is 18.2 Å². The van der Waals surface area contributed by atoms with Crippen molar-refractivity contribution in [2.45, 2.75) is 13.8 Å². The van der Waals surface area contributed by atoms with Crippen LogP contribution in [0.3, 0.4) is 0 Å². The van der Waals surface area contributed by atoms with E-state index in [-0.39, 0.29) is 11.3 Å². The minimum atomic E-state index is -0.621. The molecule has 1 aromatic carbocycles. The van der Waals surface area contributed by atoms with Crippen LogP contribution in [0, 0.1) is 11.7 Å². The zero-order chi connectivity index (χ0) is 11.4. The number of halogens is 2. The Balaban J connectivity index is 2.85. The fourth-order valence-corrected chi connectivity index (χ4v) is 1.11. The Morgan fingerprint density at radius 3 is 2.73 bits per heavy atom. The number of rotatable bonds is 4. The highest BCUT2D eigenvalue weighted by Crippen LogP contribution is 2.20. The fraction of sp³-hybridized carbons (Fsp3) is 0.364. The van der Waals surface area contributed by atoms with E-state index in [1.54, 1.807) is 0 Å². The van der Waals surface area contributed by atoms with Crippen LogP contribution in [0.2, 0.25) is 0 Å². The highest BCUT2D eigenvalue weighted by molar-refractivity contribution is 6.67. The summed E-state index contributed by atoms with van der Waals surface area (Å²) in [6.45, 7) is 4.31. The summed E-state index contributed by atoms with van der Waals surface area (Å²) in [5.41, 5.74) is 0.233. The van der Waals surface area contributed by atoms with Crippen LogP contribution in [0.15, 0.2) is 18.2 Å². The largest absolute Gasteiger partial charge is 0.490 e. The van der Waals surface area contributed by atoms with Gasteiger partial charge in [-0.1, -0.05) is 13.8 Å². The first kappa shape index (κ1) is 12.0. The molecule has 0 saturated heterocycles. The van der Waals surface area contributed by atoms with Crippen molar-refractivity contribution in [2.75, 3.05) is 6.61 Å². The fourth-order valence-electron chi connectivity index (χ4n) is 0.993. The topological polar surface area (TPSA) is 26.3 Å². The average Bonchev–Trinajstić information content (AvgIpc) is 2.16. The lowest BCUT2D eigenvalue weighted by Crippen LogP contribution is -2.06. The lowest BCUT2D eigenvalue weighted by molar-refractivity contribution is 0.108. The lowest BCUT2D eigenvalue weighted by atomic mass is 10.2. The molecule has 0 aliphatic heterocycles. The molecule has 0 heterocycles. The van der Waals surface area contributed by atoms with Crippen molar-refractivity contribution in [2.24, 2.45) is 5.92 Å². The first-order valence-electron chi connectivity index (χ1n) is 4.63. The molecule has 15 heavy (non-hydrogen) atoms. The molecule has 0 aliphatic rings. The van der Waals surface area contributed by atoms with Gasteiger partial charge in [0.2, 0.25) is 0 Å². The van der Waals surface area contributed by atoms with E-state index in [0.29, 0.717) is 12.5 Å². The monoisotopic (exact) mass is 230 g/mol. The molecule has 4 heteroatoms. The smallest absolute Gasteiger partial charge is 0.252 e. The molecule has 0 aliphatic carbocycles. The second-order valence-electron chi connectivity index (χ2n) is 3.62. The molecule has 0 fully saturated rings. The normalized spacial score (nSPS) is 10.5. The summed E-state index contributed by atoms with van der Waals surface area (Å²) in [4.78, 5) is 10.8. The van der Waals surface area contributed by atoms with Gasteiger partial charge in [-0.25, -0.2) is 4.39 Å². The van der Waals surface area contributed by atoms with Gasteiger partial charge in [-0.05, 0) is 35.7 Å². The Hall–Kier alpha value is -1.09. The SMILES string of the molecule is CC(C)COc1cc(C(=O)Cl)ccc1F. The minimum absolute atomic E-state index is 0.0650. The Morgan fingerprint density at radius 2 is 2.20 bits per heavy atom. The van der Waals surface area contributed by atoms with Crippen molar-refractivity contribution in [1.82, 2.24) is 0 Å². The summed E-state index contributed by atoms with van der Waals surface area (Å²) in [5, 5.41) is -0.621. The van der Waals surface area contributed by atoms with Gasteiger partial charge in [-0.15, -0.1) is 0 Å². The number of hydrogen-bond donors (Lipinski definition) is 0. The Morgan fingerprint density at radius 1 is 1.53 bits per heavy atom. The molecule has 2 nitrogen and oxygen atoms in total. The standard InChI is InChI=1S/C11H12ClFO2/c1-7(2)6-15-10-5-8(11(12)14)3-4-9(10)13/h3-5,7H,6H2,1-2H3. The van der Waals surface area contributed by atoms with Crippen molar-refractivity contribution in [3.8, 4) is 5.75 Å². The molecule has 1 aromatic rings. The average molecular weight is 231 g/mol. The Kier molecular flexibility index (Phi) is 4.09. The van der Waals surface area contributed by atoms with Crippen molar-refractivity contribution in [3.63, 3.8) is 0 Å². The highest BCUT2D eigenvalue weighted by atomic mass is 35.5. The van der Waals surface area contributed by atoms with Crippen LogP contribution in [0.4, 0.5) is 4.39 Å². The molecule has 82 valence electrons.